The zero-order valence-corrected chi connectivity index (χ0v) is 15.3. The first-order chi connectivity index (χ1) is 12.0. The van der Waals surface area contributed by atoms with Gasteiger partial charge in [0.2, 0.25) is 17.7 Å². The van der Waals surface area contributed by atoms with Crippen molar-refractivity contribution in [1.29, 1.82) is 0 Å². The van der Waals surface area contributed by atoms with Gasteiger partial charge in [-0.1, -0.05) is 6.92 Å². The molecule has 1 fully saturated rings. The summed E-state index contributed by atoms with van der Waals surface area (Å²) in [5, 5.41) is 0. The highest BCUT2D eigenvalue weighted by Crippen LogP contribution is 2.22. The number of hydrogen-bond acceptors (Lipinski definition) is 6. The monoisotopic (exact) mass is 343 g/mol. The number of rotatable bonds is 5. The molecule has 1 aliphatic rings. The Hall–Kier alpha value is -2.44. The van der Waals surface area contributed by atoms with Gasteiger partial charge in [0.25, 0.3) is 0 Å². The normalized spacial score (nSPS) is 17.1. The molecule has 0 bridgehead atoms. The quantitative estimate of drug-likeness (QED) is 0.829. The lowest BCUT2D eigenvalue weighted by Crippen LogP contribution is -2.40. The summed E-state index contributed by atoms with van der Waals surface area (Å²) in [6, 6.07) is 0.111. The predicted octanol–water partition coefficient (Wildman–Crippen LogP) is 2.27. The summed E-state index contributed by atoms with van der Waals surface area (Å²) in [6.45, 7) is 9.58. The van der Waals surface area contributed by atoms with Gasteiger partial charge in [0, 0.05) is 38.3 Å². The molecule has 1 unspecified atom stereocenters. The third-order valence-electron chi connectivity index (χ3n) is 4.76. The number of aryl methyl sites for hydroxylation is 3. The highest BCUT2D eigenvalue weighted by Gasteiger charge is 2.31. The molecule has 1 aliphatic heterocycles. The standard InChI is InChI=1S/C18H25N5O2/c1-5-16-9-19-17(25-16)11-23(14(4)24)15-6-7-22(10-15)18-20-8-12(2)13(3)21-18/h8-9,15H,5-7,10-11H2,1-4H3. The van der Waals surface area contributed by atoms with E-state index in [9.17, 15) is 4.79 Å². The molecule has 7 heteroatoms. The zero-order valence-electron chi connectivity index (χ0n) is 15.3. The van der Waals surface area contributed by atoms with E-state index in [4.69, 9.17) is 4.42 Å². The molecule has 1 atom stereocenters. The zero-order chi connectivity index (χ0) is 18.0. The van der Waals surface area contributed by atoms with Crippen LogP contribution in [0.15, 0.2) is 16.8 Å². The van der Waals surface area contributed by atoms with Crippen molar-refractivity contribution < 1.29 is 9.21 Å². The number of hydrogen-bond donors (Lipinski definition) is 0. The molecule has 1 saturated heterocycles. The lowest BCUT2D eigenvalue weighted by molar-refractivity contribution is -0.131. The van der Waals surface area contributed by atoms with Crippen LogP contribution in [-0.4, -0.2) is 44.9 Å². The van der Waals surface area contributed by atoms with E-state index in [-0.39, 0.29) is 11.9 Å². The van der Waals surface area contributed by atoms with E-state index < -0.39 is 0 Å². The lowest BCUT2D eigenvalue weighted by atomic mass is 10.2. The fourth-order valence-corrected chi connectivity index (χ4v) is 3.07. The molecule has 134 valence electrons. The van der Waals surface area contributed by atoms with Crippen LogP contribution in [0.4, 0.5) is 5.95 Å². The number of oxazole rings is 1. The van der Waals surface area contributed by atoms with Gasteiger partial charge in [0.15, 0.2) is 0 Å². The molecule has 0 aromatic carbocycles. The minimum absolute atomic E-state index is 0.0316. The lowest BCUT2D eigenvalue weighted by Gasteiger charge is -2.27. The van der Waals surface area contributed by atoms with Gasteiger partial charge >= 0.3 is 0 Å². The Labute approximate surface area is 148 Å². The van der Waals surface area contributed by atoms with Crippen LogP contribution < -0.4 is 4.90 Å². The van der Waals surface area contributed by atoms with Crippen molar-refractivity contribution in [3.8, 4) is 0 Å². The molecular formula is C18H25N5O2. The van der Waals surface area contributed by atoms with Crippen molar-refractivity contribution in [3.05, 3.63) is 35.3 Å². The van der Waals surface area contributed by atoms with Gasteiger partial charge in [-0.3, -0.25) is 4.79 Å². The number of aromatic nitrogens is 3. The van der Waals surface area contributed by atoms with Crippen molar-refractivity contribution in [3.63, 3.8) is 0 Å². The van der Waals surface area contributed by atoms with Crippen LogP contribution in [0.1, 0.15) is 43.2 Å². The largest absolute Gasteiger partial charge is 0.444 e. The first-order valence-electron chi connectivity index (χ1n) is 8.74. The summed E-state index contributed by atoms with van der Waals surface area (Å²) < 4.78 is 5.67. The van der Waals surface area contributed by atoms with Crippen LogP contribution in [0.2, 0.25) is 0 Å². The summed E-state index contributed by atoms with van der Waals surface area (Å²) in [5.41, 5.74) is 2.07. The average Bonchev–Trinajstić information content (AvgIpc) is 3.24. The van der Waals surface area contributed by atoms with Gasteiger partial charge in [-0.2, -0.15) is 0 Å². The van der Waals surface area contributed by atoms with Crippen LogP contribution in [0.5, 0.6) is 0 Å². The van der Waals surface area contributed by atoms with Gasteiger partial charge in [0.05, 0.1) is 18.8 Å². The molecule has 2 aromatic rings. The fraction of sp³-hybridized carbons (Fsp3) is 0.556. The first kappa shape index (κ1) is 17.4. The van der Waals surface area contributed by atoms with Crippen LogP contribution in [0.25, 0.3) is 0 Å². The molecule has 3 heterocycles. The maximum Gasteiger partial charge on any atom is 0.225 e. The average molecular weight is 343 g/mol. The van der Waals surface area contributed by atoms with E-state index in [1.807, 2.05) is 31.9 Å². The molecular weight excluding hydrogens is 318 g/mol. The maximum absolute atomic E-state index is 12.2. The Kier molecular flexibility index (Phi) is 5.01. The molecule has 0 radical (unpaired) electrons. The second-order valence-corrected chi connectivity index (χ2v) is 6.55. The number of carbonyl (C=O) groups is 1. The molecule has 25 heavy (non-hydrogen) atoms. The van der Waals surface area contributed by atoms with Crippen LogP contribution in [0, 0.1) is 13.8 Å². The topological polar surface area (TPSA) is 75.4 Å². The Morgan fingerprint density at radius 3 is 2.80 bits per heavy atom. The van der Waals surface area contributed by atoms with E-state index in [1.54, 1.807) is 13.1 Å². The van der Waals surface area contributed by atoms with Crippen molar-refractivity contribution in [2.75, 3.05) is 18.0 Å². The van der Waals surface area contributed by atoms with Gasteiger partial charge < -0.3 is 14.2 Å². The third-order valence-corrected chi connectivity index (χ3v) is 4.76. The van der Waals surface area contributed by atoms with Crippen LogP contribution in [0.3, 0.4) is 0 Å². The second-order valence-electron chi connectivity index (χ2n) is 6.55. The first-order valence-corrected chi connectivity index (χ1v) is 8.74. The fourth-order valence-electron chi connectivity index (χ4n) is 3.07. The smallest absolute Gasteiger partial charge is 0.225 e. The predicted molar refractivity (Wildman–Crippen MR) is 94.2 cm³/mol. The van der Waals surface area contributed by atoms with Crippen molar-refractivity contribution in [2.45, 2.75) is 53.1 Å². The molecule has 1 amide bonds. The number of anilines is 1. The maximum atomic E-state index is 12.2. The molecule has 7 nitrogen and oxygen atoms in total. The number of nitrogens with zero attached hydrogens (tertiary/aromatic N) is 5. The summed E-state index contributed by atoms with van der Waals surface area (Å²) in [4.78, 5) is 29.4. The summed E-state index contributed by atoms with van der Waals surface area (Å²) in [7, 11) is 0. The Bertz CT molecular complexity index is 758. The summed E-state index contributed by atoms with van der Waals surface area (Å²) >= 11 is 0. The van der Waals surface area contributed by atoms with Crippen LogP contribution in [-0.2, 0) is 17.8 Å². The van der Waals surface area contributed by atoms with Crippen molar-refractivity contribution in [2.24, 2.45) is 0 Å². The molecule has 2 aromatic heterocycles. The van der Waals surface area contributed by atoms with Crippen LogP contribution >= 0.6 is 0 Å². The van der Waals surface area contributed by atoms with E-state index in [1.165, 1.54) is 0 Å². The van der Waals surface area contributed by atoms with E-state index in [0.29, 0.717) is 12.4 Å². The Morgan fingerprint density at radius 2 is 2.16 bits per heavy atom. The third kappa shape index (κ3) is 3.81. The van der Waals surface area contributed by atoms with Crippen molar-refractivity contribution >= 4 is 11.9 Å². The highest BCUT2D eigenvalue weighted by molar-refractivity contribution is 5.73. The molecule has 0 saturated carbocycles. The number of amides is 1. The van der Waals surface area contributed by atoms with Gasteiger partial charge in [-0.15, -0.1) is 0 Å². The SMILES string of the molecule is CCc1cnc(CN(C(C)=O)C2CCN(c3ncc(C)c(C)n3)C2)o1. The minimum Gasteiger partial charge on any atom is -0.444 e. The second kappa shape index (κ2) is 7.21. The highest BCUT2D eigenvalue weighted by atomic mass is 16.4. The Balaban J connectivity index is 1.70. The molecule has 0 N–H and O–H groups in total. The van der Waals surface area contributed by atoms with Gasteiger partial charge in [-0.25, -0.2) is 15.0 Å². The Morgan fingerprint density at radius 1 is 1.36 bits per heavy atom. The van der Waals surface area contributed by atoms with E-state index in [2.05, 4.69) is 19.9 Å². The van der Waals surface area contributed by atoms with Gasteiger partial charge in [-0.05, 0) is 25.8 Å². The summed E-state index contributed by atoms with van der Waals surface area (Å²) in [6.07, 6.45) is 5.27. The molecule has 0 spiro atoms. The van der Waals surface area contributed by atoms with E-state index >= 15 is 0 Å². The summed E-state index contributed by atoms with van der Waals surface area (Å²) in [5.74, 6) is 2.20. The molecule has 3 rings (SSSR count). The van der Waals surface area contributed by atoms with Gasteiger partial charge in [0.1, 0.15) is 5.76 Å². The number of carbonyl (C=O) groups excluding carboxylic acids is 1. The molecule has 0 aliphatic carbocycles. The van der Waals surface area contributed by atoms with E-state index in [0.717, 1.165) is 48.9 Å². The van der Waals surface area contributed by atoms with Crippen molar-refractivity contribution in [1.82, 2.24) is 19.9 Å². The minimum atomic E-state index is 0.0316.